The van der Waals surface area contributed by atoms with Crippen molar-refractivity contribution < 1.29 is 9.90 Å². The topological polar surface area (TPSA) is 49.7 Å². The van der Waals surface area contributed by atoms with Gasteiger partial charge in [0.05, 0.1) is 5.92 Å². The highest BCUT2D eigenvalue weighted by Crippen LogP contribution is 2.18. The summed E-state index contributed by atoms with van der Waals surface area (Å²) in [5, 5.41) is 8.90. The van der Waals surface area contributed by atoms with Crippen molar-refractivity contribution in [3.05, 3.63) is 0 Å². The maximum Gasteiger partial charge on any atom is 0.306 e. The molecule has 0 amide bonds. The molecule has 3 nitrogen and oxygen atoms in total. The van der Waals surface area contributed by atoms with Crippen molar-refractivity contribution in [1.29, 1.82) is 0 Å². The fourth-order valence-corrected chi connectivity index (χ4v) is 2.21. The molecule has 0 saturated heterocycles. The molecule has 0 bridgehead atoms. The summed E-state index contributed by atoms with van der Waals surface area (Å²) in [6.45, 7) is 9.18. The summed E-state index contributed by atoms with van der Waals surface area (Å²) in [5.74, 6) is -0.483. The molecule has 0 fully saturated rings. The summed E-state index contributed by atoms with van der Waals surface area (Å²) in [5.41, 5.74) is 1.21. The fourth-order valence-electron chi connectivity index (χ4n) is 2.21. The van der Waals surface area contributed by atoms with E-state index >= 15 is 0 Å². The number of carboxylic acid groups (broad SMARTS) is 1. The van der Waals surface area contributed by atoms with Gasteiger partial charge in [0.1, 0.15) is 0 Å². The first kappa shape index (κ1) is 18.1. The first-order chi connectivity index (χ1) is 9.02. The molecule has 2 unspecified atom stereocenters. The van der Waals surface area contributed by atoms with Crippen molar-refractivity contribution >= 4 is 11.7 Å². The van der Waals surface area contributed by atoms with E-state index in [9.17, 15) is 4.79 Å². The second-order valence-corrected chi connectivity index (χ2v) is 5.51. The van der Waals surface area contributed by atoms with Crippen LogP contribution in [0.25, 0.3) is 0 Å². The lowest BCUT2D eigenvalue weighted by Crippen LogP contribution is -2.15. The van der Waals surface area contributed by atoms with Crippen LogP contribution in [0.1, 0.15) is 72.6 Å². The summed E-state index contributed by atoms with van der Waals surface area (Å²) in [6.07, 6.45) is 7.73. The number of aliphatic imine (C=N–C) groups is 1. The van der Waals surface area contributed by atoms with Gasteiger partial charge in [-0.05, 0) is 38.5 Å². The summed E-state index contributed by atoms with van der Waals surface area (Å²) in [7, 11) is 0. The molecule has 0 aromatic rings. The van der Waals surface area contributed by atoms with Crippen LogP contribution in [-0.4, -0.2) is 23.3 Å². The van der Waals surface area contributed by atoms with E-state index < -0.39 is 5.97 Å². The van der Waals surface area contributed by atoms with Crippen LogP contribution in [0.2, 0.25) is 0 Å². The Labute approximate surface area is 118 Å². The van der Waals surface area contributed by atoms with E-state index in [0.29, 0.717) is 5.92 Å². The zero-order chi connectivity index (χ0) is 14.7. The number of rotatable bonds is 11. The quantitative estimate of drug-likeness (QED) is 0.442. The number of hydrogen-bond acceptors (Lipinski definition) is 2. The van der Waals surface area contributed by atoms with E-state index in [0.717, 1.165) is 25.8 Å². The number of carboxylic acids is 1. The van der Waals surface area contributed by atoms with E-state index in [4.69, 9.17) is 5.11 Å². The first-order valence-corrected chi connectivity index (χ1v) is 7.76. The molecule has 112 valence electrons. The predicted octanol–water partition coefficient (Wildman–Crippen LogP) is 4.55. The third-order valence-electron chi connectivity index (χ3n) is 3.83. The molecule has 0 radical (unpaired) electrons. The van der Waals surface area contributed by atoms with Gasteiger partial charge in [0, 0.05) is 12.3 Å². The minimum absolute atomic E-state index is 0.244. The van der Waals surface area contributed by atoms with Crippen molar-refractivity contribution in [2.75, 3.05) is 6.54 Å². The van der Waals surface area contributed by atoms with Crippen LogP contribution in [0.3, 0.4) is 0 Å². The monoisotopic (exact) mass is 269 g/mol. The van der Waals surface area contributed by atoms with Gasteiger partial charge in [-0.25, -0.2) is 0 Å². The Balaban J connectivity index is 4.05. The van der Waals surface area contributed by atoms with Crippen molar-refractivity contribution in [3.8, 4) is 0 Å². The first-order valence-electron chi connectivity index (χ1n) is 7.76. The van der Waals surface area contributed by atoms with Crippen LogP contribution in [0, 0.1) is 11.8 Å². The van der Waals surface area contributed by atoms with Gasteiger partial charge in [0.25, 0.3) is 0 Å². The highest BCUT2D eigenvalue weighted by atomic mass is 16.4. The van der Waals surface area contributed by atoms with E-state index in [-0.39, 0.29) is 5.92 Å². The van der Waals surface area contributed by atoms with Gasteiger partial charge in [-0.3, -0.25) is 9.79 Å². The Kier molecular flexibility index (Phi) is 10.5. The zero-order valence-electron chi connectivity index (χ0n) is 13.1. The van der Waals surface area contributed by atoms with Crippen LogP contribution < -0.4 is 0 Å². The molecule has 0 spiro atoms. The lowest BCUT2D eigenvalue weighted by Gasteiger charge is -2.16. The van der Waals surface area contributed by atoms with Crippen molar-refractivity contribution in [3.63, 3.8) is 0 Å². The van der Waals surface area contributed by atoms with Gasteiger partial charge in [0.15, 0.2) is 0 Å². The van der Waals surface area contributed by atoms with E-state index in [1.807, 2.05) is 0 Å². The second-order valence-electron chi connectivity index (χ2n) is 5.51. The minimum Gasteiger partial charge on any atom is -0.481 e. The molecule has 0 saturated carbocycles. The average molecular weight is 269 g/mol. The maximum atomic E-state index is 10.8. The molecule has 19 heavy (non-hydrogen) atoms. The maximum absolute atomic E-state index is 10.8. The Morgan fingerprint density at radius 1 is 1.16 bits per heavy atom. The highest BCUT2D eigenvalue weighted by Gasteiger charge is 2.15. The molecular formula is C16H31NO2. The molecule has 0 aliphatic rings. The summed E-state index contributed by atoms with van der Waals surface area (Å²) in [4.78, 5) is 15.5. The second kappa shape index (κ2) is 11.0. The van der Waals surface area contributed by atoms with Crippen LogP contribution in [0.15, 0.2) is 4.99 Å². The number of hydrogen-bond donors (Lipinski definition) is 1. The number of aliphatic carboxylic acids is 1. The van der Waals surface area contributed by atoms with Gasteiger partial charge < -0.3 is 5.11 Å². The predicted molar refractivity (Wildman–Crippen MR) is 81.9 cm³/mol. The van der Waals surface area contributed by atoms with E-state index in [1.165, 1.54) is 31.4 Å². The Hall–Kier alpha value is -0.860. The lowest BCUT2D eigenvalue weighted by atomic mass is 9.91. The molecular weight excluding hydrogens is 238 g/mol. The van der Waals surface area contributed by atoms with Crippen LogP contribution in [-0.2, 0) is 4.79 Å². The third kappa shape index (κ3) is 8.79. The fraction of sp³-hybridized carbons (Fsp3) is 0.875. The van der Waals surface area contributed by atoms with E-state index in [2.05, 4.69) is 25.8 Å². The third-order valence-corrected chi connectivity index (χ3v) is 3.83. The van der Waals surface area contributed by atoms with Crippen molar-refractivity contribution in [2.45, 2.75) is 72.6 Å². The number of nitrogens with zero attached hydrogens (tertiary/aromatic N) is 1. The summed E-state index contributed by atoms with van der Waals surface area (Å²) < 4.78 is 0. The molecule has 0 aromatic carbocycles. The van der Waals surface area contributed by atoms with Crippen molar-refractivity contribution in [2.24, 2.45) is 16.8 Å². The Morgan fingerprint density at radius 3 is 2.37 bits per heavy atom. The smallest absolute Gasteiger partial charge is 0.306 e. The van der Waals surface area contributed by atoms with Gasteiger partial charge in [0.2, 0.25) is 0 Å². The van der Waals surface area contributed by atoms with Gasteiger partial charge in [-0.1, -0.05) is 40.0 Å². The molecule has 1 N–H and O–H groups in total. The van der Waals surface area contributed by atoms with E-state index in [1.54, 1.807) is 6.92 Å². The molecule has 0 rings (SSSR count). The zero-order valence-corrected chi connectivity index (χ0v) is 13.1. The summed E-state index contributed by atoms with van der Waals surface area (Å²) >= 11 is 0. The van der Waals surface area contributed by atoms with Gasteiger partial charge in [-0.2, -0.15) is 0 Å². The van der Waals surface area contributed by atoms with Gasteiger partial charge >= 0.3 is 5.97 Å². The highest BCUT2D eigenvalue weighted by molar-refractivity contribution is 5.84. The lowest BCUT2D eigenvalue weighted by molar-refractivity contribution is -0.141. The molecule has 0 aliphatic carbocycles. The number of carbonyl (C=O) groups is 1. The molecule has 0 aromatic heterocycles. The van der Waals surface area contributed by atoms with Gasteiger partial charge in [-0.15, -0.1) is 0 Å². The SMILES string of the molecule is CCCCCCN=C(C)C(CC)CCC(C)C(=O)O. The van der Waals surface area contributed by atoms with Crippen LogP contribution in [0.4, 0.5) is 0 Å². The van der Waals surface area contributed by atoms with Crippen molar-refractivity contribution in [1.82, 2.24) is 0 Å². The average Bonchev–Trinajstić information content (AvgIpc) is 2.38. The molecule has 3 heteroatoms. The molecule has 0 heterocycles. The standard InChI is InChI=1S/C16H31NO2/c1-5-7-8-9-12-17-14(4)15(6-2)11-10-13(3)16(18)19/h13,15H,5-12H2,1-4H3,(H,18,19). The summed E-state index contributed by atoms with van der Waals surface area (Å²) in [6, 6.07) is 0. The minimum atomic E-state index is -0.691. The van der Waals surface area contributed by atoms with Crippen LogP contribution >= 0.6 is 0 Å². The molecule has 0 aliphatic heterocycles. The molecule has 2 atom stereocenters. The normalized spacial score (nSPS) is 15.3. The largest absolute Gasteiger partial charge is 0.481 e. The Morgan fingerprint density at radius 2 is 1.84 bits per heavy atom. The number of unbranched alkanes of at least 4 members (excludes halogenated alkanes) is 3. The van der Waals surface area contributed by atoms with Crippen LogP contribution in [0.5, 0.6) is 0 Å². The Bertz CT molecular complexity index is 274.